The predicted molar refractivity (Wildman–Crippen MR) is 62.0 cm³/mol. The monoisotopic (exact) mass is 223 g/mol. The molecule has 0 amide bonds. The first-order valence-electron chi connectivity index (χ1n) is 5.70. The summed E-state index contributed by atoms with van der Waals surface area (Å²) in [6, 6.07) is 2.97. The van der Waals surface area contributed by atoms with Crippen LogP contribution < -0.4 is 10.5 Å². The van der Waals surface area contributed by atoms with Crippen molar-refractivity contribution in [2.24, 2.45) is 5.73 Å². The smallest absolute Gasteiger partial charge is 0.127 e. The lowest BCUT2D eigenvalue weighted by atomic mass is 9.86. The first-order chi connectivity index (χ1) is 7.57. The van der Waals surface area contributed by atoms with Gasteiger partial charge in [-0.05, 0) is 37.0 Å². The summed E-state index contributed by atoms with van der Waals surface area (Å²) in [5, 5.41) is 0. The molecule has 2 rings (SSSR count). The second kappa shape index (κ2) is 4.06. The number of hydrogen-bond donors (Lipinski definition) is 1. The van der Waals surface area contributed by atoms with Gasteiger partial charge in [0.05, 0.1) is 7.11 Å². The van der Waals surface area contributed by atoms with E-state index in [2.05, 4.69) is 0 Å². The molecular weight excluding hydrogens is 205 g/mol. The van der Waals surface area contributed by atoms with E-state index in [9.17, 15) is 4.39 Å². The largest absolute Gasteiger partial charge is 0.496 e. The highest BCUT2D eigenvalue weighted by Crippen LogP contribution is 2.40. The maximum Gasteiger partial charge on any atom is 0.127 e. The van der Waals surface area contributed by atoms with Crippen LogP contribution >= 0.6 is 0 Å². The average molecular weight is 223 g/mol. The zero-order valence-corrected chi connectivity index (χ0v) is 9.85. The molecule has 0 saturated heterocycles. The Labute approximate surface area is 95.6 Å². The maximum atomic E-state index is 13.5. The third-order valence-electron chi connectivity index (χ3n) is 3.58. The van der Waals surface area contributed by atoms with Gasteiger partial charge in [0.2, 0.25) is 0 Å². The molecule has 2 nitrogen and oxygen atoms in total. The number of rotatable bonds is 2. The van der Waals surface area contributed by atoms with Crippen LogP contribution in [0, 0.1) is 12.7 Å². The molecule has 0 aliphatic heterocycles. The maximum absolute atomic E-state index is 13.5. The molecule has 88 valence electrons. The van der Waals surface area contributed by atoms with Crippen LogP contribution in [0.4, 0.5) is 4.39 Å². The summed E-state index contributed by atoms with van der Waals surface area (Å²) < 4.78 is 18.7. The Morgan fingerprint density at radius 3 is 2.50 bits per heavy atom. The molecule has 1 aromatic rings. The molecule has 0 heterocycles. The molecule has 0 bridgehead atoms. The van der Waals surface area contributed by atoms with E-state index in [4.69, 9.17) is 10.5 Å². The van der Waals surface area contributed by atoms with E-state index >= 15 is 0 Å². The lowest BCUT2D eigenvalue weighted by molar-refractivity contribution is 0.399. The molecule has 1 aliphatic carbocycles. The Morgan fingerprint density at radius 1 is 1.31 bits per heavy atom. The summed E-state index contributed by atoms with van der Waals surface area (Å²) in [6.07, 6.45) is 4.10. The predicted octanol–water partition coefficient (Wildman–Crippen LogP) is 2.87. The highest BCUT2D eigenvalue weighted by Gasteiger charge is 2.33. The van der Waals surface area contributed by atoms with Gasteiger partial charge in [-0.2, -0.15) is 0 Å². The highest BCUT2D eigenvalue weighted by atomic mass is 19.1. The number of hydrogen-bond acceptors (Lipinski definition) is 2. The van der Waals surface area contributed by atoms with Crippen LogP contribution in [0.5, 0.6) is 5.75 Å². The van der Waals surface area contributed by atoms with Gasteiger partial charge in [0.25, 0.3) is 0 Å². The van der Waals surface area contributed by atoms with Crippen molar-refractivity contribution in [3.05, 3.63) is 29.1 Å². The fraction of sp³-hybridized carbons (Fsp3) is 0.538. The van der Waals surface area contributed by atoms with Crippen molar-refractivity contribution in [1.29, 1.82) is 0 Å². The lowest BCUT2D eigenvalue weighted by Gasteiger charge is -2.27. The van der Waals surface area contributed by atoms with Crippen LogP contribution in [-0.2, 0) is 5.54 Å². The normalized spacial score (nSPS) is 18.8. The van der Waals surface area contributed by atoms with Gasteiger partial charge in [-0.1, -0.05) is 12.8 Å². The van der Waals surface area contributed by atoms with E-state index in [1.807, 2.05) is 6.92 Å². The topological polar surface area (TPSA) is 35.2 Å². The summed E-state index contributed by atoms with van der Waals surface area (Å²) in [6.45, 7) is 1.94. The highest BCUT2D eigenvalue weighted by molar-refractivity contribution is 5.43. The van der Waals surface area contributed by atoms with E-state index in [1.165, 1.54) is 6.07 Å². The Morgan fingerprint density at radius 2 is 1.94 bits per heavy atom. The van der Waals surface area contributed by atoms with Crippen molar-refractivity contribution in [3.8, 4) is 5.75 Å². The fourth-order valence-electron chi connectivity index (χ4n) is 2.66. The summed E-state index contributed by atoms with van der Waals surface area (Å²) in [4.78, 5) is 0. The standard InChI is InChI=1S/C13H18FNO/c1-9-11(13(15)5-3-4-6-13)7-10(14)8-12(9)16-2/h7-8H,3-6,15H2,1-2H3. The van der Waals surface area contributed by atoms with Crippen LogP contribution in [0.1, 0.15) is 36.8 Å². The third-order valence-corrected chi connectivity index (χ3v) is 3.58. The molecule has 0 atom stereocenters. The van der Waals surface area contributed by atoms with Gasteiger partial charge in [-0.3, -0.25) is 0 Å². The van der Waals surface area contributed by atoms with E-state index in [0.29, 0.717) is 5.75 Å². The van der Waals surface area contributed by atoms with Crippen LogP contribution in [0.3, 0.4) is 0 Å². The van der Waals surface area contributed by atoms with E-state index < -0.39 is 0 Å². The molecule has 1 aliphatic rings. The molecule has 0 aromatic heterocycles. The van der Waals surface area contributed by atoms with Crippen molar-refractivity contribution in [3.63, 3.8) is 0 Å². The summed E-state index contributed by atoms with van der Waals surface area (Å²) in [7, 11) is 1.56. The molecule has 1 saturated carbocycles. The van der Waals surface area contributed by atoms with Crippen molar-refractivity contribution in [2.75, 3.05) is 7.11 Å². The van der Waals surface area contributed by atoms with Gasteiger partial charge < -0.3 is 10.5 Å². The number of nitrogens with two attached hydrogens (primary N) is 1. The molecule has 0 radical (unpaired) electrons. The molecule has 1 fully saturated rings. The van der Waals surface area contributed by atoms with Crippen molar-refractivity contribution < 1.29 is 9.13 Å². The SMILES string of the molecule is COc1cc(F)cc(C2(N)CCCC2)c1C. The van der Waals surface area contributed by atoms with E-state index in [-0.39, 0.29) is 11.4 Å². The number of halogens is 1. The molecule has 0 unspecified atom stereocenters. The Kier molecular flexibility index (Phi) is 2.89. The van der Waals surface area contributed by atoms with Gasteiger partial charge in [0.1, 0.15) is 11.6 Å². The minimum absolute atomic E-state index is 0.269. The third kappa shape index (κ3) is 1.80. The lowest BCUT2D eigenvalue weighted by Crippen LogP contribution is -2.34. The van der Waals surface area contributed by atoms with Gasteiger partial charge in [0, 0.05) is 11.6 Å². The summed E-state index contributed by atoms with van der Waals surface area (Å²) >= 11 is 0. The quantitative estimate of drug-likeness (QED) is 0.836. The second-order valence-corrected chi connectivity index (χ2v) is 4.64. The molecule has 1 aromatic carbocycles. The van der Waals surface area contributed by atoms with Gasteiger partial charge in [-0.15, -0.1) is 0 Å². The molecule has 0 spiro atoms. The van der Waals surface area contributed by atoms with Crippen molar-refractivity contribution >= 4 is 0 Å². The second-order valence-electron chi connectivity index (χ2n) is 4.64. The van der Waals surface area contributed by atoms with Gasteiger partial charge in [0.15, 0.2) is 0 Å². The van der Waals surface area contributed by atoms with Crippen molar-refractivity contribution in [2.45, 2.75) is 38.1 Å². The number of benzene rings is 1. The van der Waals surface area contributed by atoms with Crippen LogP contribution in [0.15, 0.2) is 12.1 Å². The van der Waals surface area contributed by atoms with Crippen LogP contribution in [-0.4, -0.2) is 7.11 Å². The first kappa shape index (κ1) is 11.4. The summed E-state index contributed by atoms with van der Waals surface area (Å²) in [5.74, 6) is 0.320. The first-order valence-corrected chi connectivity index (χ1v) is 5.70. The Balaban J connectivity index is 2.51. The molecule has 16 heavy (non-hydrogen) atoms. The molecule has 2 N–H and O–H groups in total. The zero-order valence-electron chi connectivity index (χ0n) is 9.85. The average Bonchev–Trinajstić information content (AvgIpc) is 2.69. The number of methoxy groups -OCH3 is 1. The minimum Gasteiger partial charge on any atom is -0.496 e. The van der Waals surface area contributed by atoms with Crippen LogP contribution in [0.25, 0.3) is 0 Å². The Hall–Kier alpha value is -1.09. The van der Waals surface area contributed by atoms with E-state index in [1.54, 1.807) is 13.2 Å². The molecular formula is C13H18FNO. The minimum atomic E-state index is -0.362. The summed E-state index contributed by atoms with van der Waals surface area (Å²) in [5.41, 5.74) is 7.86. The number of ether oxygens (including phenoxy) is 1. The molecule has 3 heteroatoms. The van der Waals surface area contributed by atoms with Gasteiger partial charge >= 0.3 is 0 Å². The van der Waals surface area contributed by atoms with Gasteiger partial charge in [-0.25, -0.2) is 4.39 Å². The Bertz CT molecular complexity index is 397. The van der Waals surface area contributed by atoms with E-state index in [0.717, 1.165) is 36.8 Å². The van der Waals surface area contributed by atoms with Crippen molar-refractivity contribution in [1.82, 2.24) is 0 Å². The van der Waals surface area contributed by atoms with Crippen LogP contribution in [0.2, 0.25) is 0 Å². The fourth-order valence-corrected chi connectivity index (χ4v) is 2.66. The zero-order chi connectivity index (χ0) is 11.8.